The van der Waals surface area contributed by atoms with Gasteiger partial charge in [0.1, 0.15) is 12.1 Å². The normalized spacial score (nSPS) is 16.3. The number of fused-ring (bicyclic) bond motifs is 1. The van der Waals surface area contributed by atoms with Crippen LogP contribution in [0.5, 0.6) is 0 Å². The second-order valence-corrected chi connectivity index (χ2v) is 9.32. The summed E-state index contributed by atoms with van der Waals surface area (Å²) in [7, 11) is 0. The lowest BCUT2D eigenvalue weighted by Gasteiger charge is -2.26. The van der Waals surface area contributed by atoms with E-state index in [2.05, 4.69) is 22.4 Å². The van der Waals surface area contributed by atoms with Gasteiger partial charge in [-0.1, -0.05) is 55.0 Å². The Balaban J connectivity index is 1.30. The first-order valence-corrected chi connectivity index (χ1v) is 12.9. The number of likely N-dealkylation sites (tertiary alicyclic amines) is 1. The van der Waals surface area contributed by atoms with Crippen LogP contribution in [0.15, 0.2) is 60.8 Å². The van der Waals surface area contributed by atoms with Crippen molar-refractivity contribution in [2.45, 2.75) is 64.0 Å². The molecule has 1 saturated heterocycles. The van der Waals surface area contributed by atoms with Crippen molar-refractivity contribution in [3.63, 3.8) is 0 Å². The Hall–Kier alpha value is -3.61. The van der Waals surface area contributed by atoms with Gasteiger partial charge >= 0.3 is 5.97 Å². The number of hydrogen-bond acceptors (Lipinski definition) is 4. The summed E-state index contributed by atoms with van der Waals surface area (Å²) in [4.78, 5) is 43.4. The zero-order chi connectivity index (χ0) is 25.3. The molecule has 0 spiro atoms. The van der Waals surface area contributed by atoms with Crippen molar-refractivity contribution in [1.29, 1.82) is 0 Å². The molecule has 2 atom stereocenters. The van der Waals surface area contributed by atoms with Crippen LogP contribution in [0.4, 0.5) is 0 Å². The molecular weight excluding hydrogens is 454 g/mol. The van der Waals surface area contributed by atoms with Gasteiger partial charge in [0.25, 0.3) is 0 Å². The first-order chi connectivity index (χ1) is 17.6. The molecule has 0 saturated carbocycles. The molecule has 2 amide bonds. The molecule has 2 aromatic carbocycles. The molecule has 4 rings (SSSR count). The summed E-state index contributed by atoms with van der Waals surface area (Å²) in [6.07, 6.45) is 6.91. The lowest BCUT2D eigenvalue weighted by atomic mass is 10.0. The van der Waals surface area contributed by atoms with E-state index in [0.717, 1.165) is 42.1 Å². The third-order valence-corrected chi connectivity index (χ3v) is 6.81. The zero-order valence-electron chi connectivity index (χ0n) is 20.9. The fraction of sp³-hybridized carbons (Fsp3) is 0.414. The average molecular weight is 490 g/mol. The quantitative estimate of drug-likeness (QED) is 0.295. The molecule has 0 bridgehead atoms. The topological polar surface area (TPSA) is 91.5 Å². The molecule has 7 heteroatoms. The van der Waals surface area contributed by atoms with Crippen molar-refractivity contribution in [2.75, 3.05) is 13.2 Å². The van der Waals surface area contributed by atoms with Crippen LogP contribution in [0, 0.1) is 0 Å². The van der Waals surface area contributed by atoms with Gasteiger partial charge < -0.3 is 19.9 Å². The Kier molecular flexibility index (Phi) is 8.76. The third kappa shape index (κ3) is 6.33. The maximum absolute atomic E-state index is 13.2. The standard InChI is InChI=1S/C29H35N3O4/c1-2-36-29(35)26(19-22-20-30-24-15-10-9-14-23(22)24)32-18-17-25(28(32)34)31-27(33)16-8-4-7-13-21-11-5-3-6-12-21/h3,5-6,9-12,14-15,20,25-26,30H,2,4,7-8,13,16-19H2,1H3,(H,31,33)/t25-,26+/m1/s1. The predicted octanol–water partition coefficient (Wildman–Crippen LogP) is 4.16. The van der Waals surface area contributed by atoms with Crippen LogP contribution in [0.1, 0.15) is 50.2 Å². The van der Waals surface area contributed by atoms with E-state index < -0.39 is 18.1 Å². The molecule has 2 N–H and O–H groups in total. The van der Waals surface area contributed by atoms with Gasteiger partial charge in [-0.3, -0.25) is 9.59 Å². The van der Waals surface area contributed by atoms with Gasteiger partial charge in [-0.2, -0.15) is 0 Å². The lowest BCUT2D eigenvalue weighted by Crippen LogP contribution is -2.48. The summed E-state index contributed by atoms with van der Waals surface area (Å²) in [5.74, 6) is -0.744. The van der Waals surface area contributed by atoms with Crippen LogP contribution in [-0.2, 0) is 32.0 Å². The number of carbonyl (C=O) groups is 3. The van der Waals surface area contributed by atoms with E-state index in [1.165, 1.54) is 5.56 Å². The maximum Gasteiger partial charge on any atom is 0.329 e. The highest BCUT2D eigenvalue weighted by atomic mass is 16.5. The van der Waals surface area contributed by atoms with Gasteiger partial charge in [0.05, 0.1) is 6.61 Å². The van der Waals surface area contributed by atoms with Crippen molar-refractivity contribution < 1.29 is 19.1 Å². The molecule has 0 unspecified atom stereocenters. The van der Waals surface area contributed by atoms with E-state index in [9.17, 15) is 14.4 Å². The first-order valence-electron chi connectivity index (χ1n) is 12.9. The number of aromatic nitrogens is 1. The number of rotatable bonds is 12. The lowest BCUT2D eigenvalue weighted by molar-refractivity contribution is -0.153. The zero-order valence-corrected chi connectivity index (χ0v) is 20.9. The highest BCUT2D eigenvalue weighted by molar-refractivity contribution is 5.93. The molecule has 0 radical (unpaired) electrons. The number of aromatic amines is 1. The minimum absolute atomic E-state index is 0.112. The summed E-state index contributed by atoms with van der Waals surface area (Å²) in [5.41, 5.74) is 3.25. The van der Waals surface area contributed by atoms with E-state index in [1.807, 2.05) is 48.7 Å². The molecule has 36 heavy (non-hydrogen) atoms. The highest BCUT2D eigenvalue weighted by Crippen LogP contribution is 2.24. The number of aryl methyl sites for hydroxylation is 1. The summed E-state index contributed by atoms with van der Waals surface area (Å²) >= 11 is 0. The minimum Gasteiger partial charge on any atom is -0.464 e. The largest absolute Gasteiger partial charge is 0.464 e. The predicted molar refractivity (Wildman–Crippen MR) is 139 cm³/mol. The van der Waals surface area contributed by atoms with Gasteiger partial charge in [-0.25, -0.2) is 4.79 Å². The number of nitrogens with zero attached hydrogens (tertiary/aromatic N) is 1. The SMILES string of the molecule is CCOC(=O)[C@H](Cc1c[nH]c2ccccc12)N1CC[C@@H](NC(=O)CCCCCc2ccccc2)C1=O. The number of ether oxygens (including phenoxy) is 1. The van der Waals surface area contributed by atoms with E-state index in [4.69, 9.17) is 4.74 Å². The smallest absolute Gasteiger partial charge is 0.329 e. The molecule has 1 aromatic heterocycles. The number of hydrogen-bond donors (Lipinski definition) is 2. The average Bonchev–Trinajstić information content (AvgIpc) is 3.46. The van der Waals surface area contributed by atoms with Gasteiger partial charge in [-0.05, 0) is 49.8 Å². The highest BCUT2D eigenvalue weighted by Gasteiger charge is 2.40. The molecule has 1 aliphatic rings. The monoisotopic (exact) mass is 489 g/mol. The summed E-state index contributed by atoms with van der Waals surface area (Å²) < 4.78 is 5.32. The fourth-order valence-electron chi connectivity index (χ4n) is 4.92. The van der Waals surface area contributed by atoms with Crippen LogP contribution in [0.2, 0.25) is 0 Å². The van der Waals surface area contributed by atoms with E-state index in [-0.39, 0.29) is 18.4 Å². The van der Waals surface area contributed by atoms with Crippen molar-refractivity contribution in [3.8, 4) is 0 Å². The first kappa shape index (κ1) is 25.5. The van der Waals surface area contributed by atoms with E-state index >= 15 is 0 Å². The van der Waals surface area contributed by atoms with Crippen LogP contribution in [0.25, 0.3) is 10.9 Å². The number of unbranched alkanes of at least 4 members (excludes halogenated alkanes) is 2. The molecule has 190 valence electrons. The van der Waals surface area contributed by atoms with Crippen molar-refractivity contribution in [2.24, 2.45) is 0 Å². The van der Waals surface area contributed by atoms with Gasteiger partial charge in [0, 0.05) is 36.5 Å². The Morgan fingerprint density at radius 3 is 2.67 bits per heavy atom. The molecule has 2 heterocycles. The fourth-order valence-corrected chi connectivity index (χ4v) is 4.92. The molecule has 3 aromatic rings. The van der Waals surface area contributed by atoms with Gasteiger partial charge in [0.2, 0.25) is 11.8 Å². The number of benzene rings is 2. The van der Waals surface area contributed by atoms with E-state index in [0.29, 0.717) is 25.8 Å². The Morgan fingerprint density at radius 2 is 1.86 bits per heavy atom. The van der Waals surface area contributed by atoms with Gasteiger partial charge in [-0.15, -0.1) is 0 Å². The molecule has 0 aliphatic carbocycles. The molecule has 7 nitrogen and oxygen atoms in total. The molecule has 1 fully saturated rings. The number of amides is 2. The maximum atomic E-state index is 13.2. The number of para-hydroxylation sites is 1. The number of esters is 1. The summed E-state index contributed by atoms with van der Waals surface area (Å²) in [6, 6.07) is 16.9. The third-order valence-electron chi connectivity index (χ3n) is 6.81. The molecular formula is C29H35N3O4. The van der Waals surface area contributed by atoms with E-state index in [1.54, 1.807) is 11.8 Å². The summed E-state index contributed by atoms with van der Waals surface area (Å²) in [6.45, 7) is 2.41. The summed E-state index contributed by atoms with van der Waals surface area (Å²) in [5, 5.41) is 3.92. The Labute approximate surface area is 212 Å². The second-order valence-electron chi connectivity index (χ2n) is 9.32. The Bertz CT molecular complexity index is 1170. The van der Waals surface area contributed by atoms with Crippen molar-refractivity contribution >= 4 is 28.7 Å². The van der Waals surface area contributed by atoms with Gasteiger partial charge in [0.15, 0.2) is 0 Å². The van der Waals surface area contributed by atoms with Crippen LogP contribution in [-0.4, -0.2) is 52.9 Å². The number of carbonyl (C=O) groups excluding carboxylic acids is 3. The van der Waals surface area contributed by atoms with Crippen molar-refractivity contribution in [3.05, 3.63) is 71.9 Å². The molecule has 1 aliphatic heterocycles. The van der Waals surface area contributed by atoms with Crippen LogP contribution in [0.3, 0.4) is 0 Å². The Morgan fingerprint density at radius 1 is 1.08 bits per heavy atom. The van der Waals surface area contributed by atoms with Crippen LogP contribution < -0.4 is 5.32 Å². The second kappa shape index (κ2) is 12.4. The number of H-pyrrole nitrogens is 1. The van der Waals surface area contributed by atoms with Crippen molar-refractivity contribution in [1.82, 2.24) is 15.2 Å². The number of nitrogens with one attached hydrogen (secondary N) is 2. The minimum atomic E-state index is -0.725. The van der Waals surface area contributed by atoms with Crippen LogP contribution >= 0.6 is 0 Å².